The average Bonchev–Trinajstić information content (AvgIpc) is 2.59. The minimum absolute atomic E-state index is 0.206. The second-order valence-electron chi connectivity index (χ2n) is 4.42. The molecule has 1 fully saturated rings. The molecule has 1 aromatic carbocycles. The summed E-state index contributed by atoms with van der Waals surface area (Å²) >= 11 is 3.53. The van der Waals surface area contributed by atoms with Crippen LogP contribution in [0.25, 0.3) is 0 Å². The molecule has 0 aliphatic carbocycles. The van der Waals surface area contributed by atoms with Gasteiger partial charge in [0.25, 0.3) is 0 Å². The molecule has 3 N–H and O–H groups in total. The van der Waals surface area contributed by atoms with Gasteiger partial charge in [-0.05, 0) is 46.5 Å². The highest BCUT2D eigenvalue weighted by Gasteiger charge is 2.31. The van der Waals surface area contributed by atoms with Gasteiger partial charge in [-0.1, -0.05) is 6.92 Å². The van der Waals surface area contributed by atoms with Gasteiger partial charge >= 0.3 is 0 Å². The molecule has 3 nitrogen and oxygen atoms in total. The van der Waals surface area contributed by atoms with E-state index < -0.39 is 0 Å². The Kier molecular flexibility index (Phi) is 3.40. The fourth-order valence-corrected chi connectivity index (χ4v) is 2.97. The second kappa shape index (κ2) is 4.63. The van der Waals surface area contributed by atoms with Gasteiger partial charge in [0.05, 0.1) is 18.3 Å². The van der Waals surface area contributed by atoms with Crippen LogP contribution in [-0.4, -0.2) is 24.3 Å². The minimum Gasteiger partial charge on any atom is -0.399 e. The van der Waals surface area contributed by atoms with Crippen molar-refractivity contribution in [1.82, 2.24) is 0 Å². The molecule has 1 aromatic rings. The Hall–Kier alpha value is -0.740. The van der Waals surface area contributed by atoms with Crippen LogP contribution in [0.2, 0.25) is 0 Å². The van der Waals surface area contributed by atoms with Crippen LogP contribution < -0.4 is 10.6 Å². The van der Waals surface area contributed by atoms with Crippen LogP contribution in [-0.2, 0) is 0 Å². The quantitative estimate of drug-likeness (QED) is 0.819. The SMILES string of the molecule is CC1CCN(c2ccc(N)cc2Br)C1CO. The molecule has 0 amide bonds. The first-order valence-corrected chi connectivity index (χ1v) is 6.35. The third-order valence-corrected chi connectivity index (χ3v) is 3.99. The van der Waals surface area contributed by atoms with Crippen molar-refractivity contribution < 1.29 is 5.11 Å². The summed E-state index contributed by atoms with van der Waals surface area (Å²) in [5.74, 6) is 0.537. The molecule has 88 valence electrons. The summed E-state index contributed by atoms with van der Waals surface area (Å²) in [5, 5.41) is 9.43. The van der Waals surface area contributed by atoms with Crippen molar-refractivity contribution in [3.05, 3.63) is 22.7 Å². The number of nitrogens with two attached hydrogens (primary N) is 1. The monoisotopic (exact) mass is 284 g/mol. The van der Waals surface area contributed by atoms with E-state index in [1.54, 1.807) is 0 Å². The van der Waals surface area contributed by atoms with Crippen LogP contribution in [0.3, 0.4) is 0 Å². The molecular formula is C12H17BrN2O. The van der Waals surface area contributed by atoms with E-state index in [1.807, 2.05) is 18.2 Å². The van der Waals surface area contributed by atoms with E-state index >= 15 is 0 Å². The highest BCUT2D eigenvalue weighted by Crippen LogP contribution is 2.35. The van der Waals surface area contributed by atoms with Crippen molar-refractivity contribution in [3.8, 4) is 0 Å². The van der Waals surface area contributed by atoms with Crippen LogP contribution in [0.4, 0.5) is 11.4 Å². The largest absolute Gasteiger partial charge is 0.399 e. The zero-order valence-corrected chi connectivity index (χ0v) is 10.9. The Balaban J connectivity index is 2.30. The fourth-order valence-electron chi connectivity index (χ4n) is 2.34. The first-order chi connectivity index (χ1) is 7.63. The molecule has 2 atom stereocenters. The molecule has 2 rings (SSSR count). The standard InChI is InChI=1S/C12H17BrN2O/c1-8-4-5-15(12(8)7-16)11-3-2-9(14)6-10(11)13/h2-3,6,8,12,16H,4-5,7,14H2,1H3. The summed E-state index contributed by atoms with van der Waals surface area (Å²) in [6.07, 6.45) is 1.13. The van der Waals surface area contributed by atoms with Crippen molar-refractivity contribution in [3.63, 3.8) is 0 Å². The summed E-state index contributed by atoms with van der Waals surface area (Å²) < 4.78 is 1.00. The van der Waals surface area contributed by atoms with Gasteiger partial charge in [0, 0.05) is 16.7 Å². The third-order valence-electron chi connectivity index (χ3n) is 3.35. The number of aliphatic hydroxyl groups is 1. The maximum absolute atomic E-state index is 9.43. The molecule has 1 aliphatic rings. The maximum Gasteiger partial charge on any atom is 0.0637 e. The van der Waals surface area contributed by atoms with Crippen molar-refractivity contribution in [2.45, 2.75) is 19.4 Å². The average molecular weight is 285 g/mol. The number of hydrogen-bond donors (Lipinski definition) is 2. The first-order valence-electron chi connectivity index (χ1n) is 5.56. The van der Waals surface area contributed by atoms with Gasteiger partial charge in [-0.25, -0.2) is 0 Å². The lowest BCUT2D eigenvalue weighted by molar-refractivity contribution is 0.244. The Labute approximate surface area is 104 Å². The Morgan fingerprint density at radius 2 is 2.31 bits per heavy atom. The van der Waals surface area contributed by atoms with Gasteiger partial charge in [0.15, 0.2) is 0 Å². The normalized spacial score (nSPS) is 25.1. The number of nitrogens with zero attached hydrogens (tertiary/aromatic N) is 1. The topological polar surface area (TPSA) is 49.5 Å². The van der Waals surface area contributed by atoms with Crippen LogP contribution >= 0.6 is 15.9 Å². The Bertz CT molecular complexity index is 383. The zero-order chi connectivity index (χ0) is 11.7. The zero-order valence-electron chi connectivity index (χ0n) is 9.36. The predicted octanol–water partition coefficient (Wildman–Crippen LogP) is 2.24. The number of anilines is 2. The first kappa shape index (κ1) is 11.7. The Morgan fingerprint density at radius 1 is 1.56 bits per heavy atom. The molecule has 0 aromatic heterocycles. The van der Waals surface area contributed by atoms with Gasteiger partial charge in [-0.2, -0.15) is 0 Å². The highest BCUT2D eigenvalue weighted by molar-refractivity contribution is 9.10. The maximum atomic E-state index is 9.43. The van der Waals surface area contributed by atoms with Gasteiger partial charge in [0.1, 0.15) is 0 Å². The summed E-state index contributed by atoms with van der Waals surface area (Å²) in [4.78, 5) is 2.26. The van der Waals surface area contributed by atoms with Crippen LogP contribution in [0.1, 0.15) is 13.3 Å². The van der Waals surface area contributed by atoms with Gasteiger partial charge in [-0.15, -0.1) is 0 Å². The second-order valence-corrected chi connectivity index (χ2v) is 5.27. The molecule has 0 spiro atoms. The molecule has 2 unspecified atom stereocenters. The number of benzene rings is 1. The molecule has 0 radical (unpaired) electrons. The summed E-state index contributed by atoms with van der Waals surface area (Å²) in [6.45, 7) is 3.39. The van der Waals surface area contributed by atoms with Crippen LogP contribution in [0.5, 0.6) is 0 Å². The van der Waals surface area contributed by atoms with Gasteiger partial charge in [0.2, 0.25) is 0 Å². The van der Waals surface area contributed by atoms with E-state index in [2.05, 4.69) is 27.8 Å². The van der Waals surface area contributed by atoms with E-state index in [-0.39, 0.29) is 12.6 Å². The highest BCUT2D eigenvalue weighted by atomic mass is 79.9. The molecule has 4 heteroatoms. The van der Waals surface area contributed by atoms with Gasteiger partial charge in [-0.3, -0.25) is 0 Å². The van der Waals surface area contributed by atoms with Crippen molar-refractivity contribution in [2.75, 3.05) is 23.8 Å². The molecule has 1 saturated heterocycles. The smallest absolute Gasteiger partial charge is 0.0637 e. The molecule has 0 bridgehead atoms. The van der Waals surface area contributed by atoms with Crippen LogP contribution in [0.15, 0.2) is 22.7 Å². The number of nitrogen functional groups attached to an aromatic ring is 1. The minimum atomic E-state index is 0.206. The number of halogens is 1. The van der Waals surface area contributed by atoms with E-state index in [0.29, 0.717) is 5.92 Å². The summed E-state index contributed by atoms with van der Waals surface area (Å²) in [6, 6.07) is 6.05. The van der Waals surface area contributed by atoms with Crippen molar-refractivity contribution in [1.29, 1.82) is 0 Å². The van der Waals surface area contributed by atoms with E-state index in [0.717, 1.165) is 28.8 Å². The van der Waals surface area contributed by atoms with Gasteiger partial charge < -0.3 is 15.7 Å². The van der Waals surface area contributed by atoms with Crippen molar-refractivity contribution in [2.24, 2.45) is 5.92 Å². The fraction of sp³-hybridized carbons (Fsp3) is 0.500. The van der Waals surface area contributed by atoms with E-state index in [9.17, 15) is 5.11 Å². The lowest BCUT2D eigenvalue weighted by Gasteiger charge is -2.28. The lowest BCUT2D eigenvalue weighted by Crippen LogP contribution is -2.35. The number of hydrogen-bond acceptors (Lipinski definition) is 3. The summed E-state index contributed by atoms with van der Waals surface area (Å²) in [5.41, 5.74) is 7.60. The third kappa shape index (κ3) is 2.04. The molecule has 1 heterocycles. The Morgan fingerprint density at radius 3 is 2.94 bits per heavy atom. The number of aliphatic hydroxyl groups excluding tert-OH is 1. The summed E-state index contributed by atoms with van der Waals surface area (Å²) in [7, 11) is 0. The molecule has 1 aliphatic heterocycles. The number of rotatable bonds is 2. The predicted molar refractivity (Wildman–Crippen MR) is 70.6 cm³/mol. The van der Waals surface area contributed by atoms with Crippen molar-refractivity contribution >= 4 is 27.3 Å². The lowest BCUT2D eigenvalue weighted by atomic mass is 10.0. The molecule has 16 heavy (non-hydrogen) atoms. The molecular weight excluding hydrogens is 268 g/mol. The van der Waals surface area contributed by atoms with E-state index in [4.69, 9.17) is 5.73 Å². The van der Waals surface area contributed by atoms with Crippen LogP contribution in [0, 0.1) is 5.92 Å². The van der Waals surface area contributed by atoms with E-state index in [1.165, 1.54) is 0 Å². The molecule has 0 saturated carbocycles.